The standard InChI is InChI=1S/C7H8F6O.C7H6F6O/c2*1-3-4-14-5(2,6(8,9)10)7(11,12)13/h3H,1,4H2,2H3;1H,4H2,2H3. The van der Waals surface area contributed by atoms with E-state index in [1.165, 1.54) is 0 Å². The lowest BCUT2D eigenvalue weighted by Gasteiger charge is -2.33. The summed E-state index contributed by atoms with van der Waals surface area (Å²) in [6, 6.07) is 0. The maximum absolute atomic E-state index is 12.0. The van der Waals surface area contributed by atoms with Crippen molar-refractivity contribution in [2.24, 2.45) is 0 Å². The molecule has 0 heterocycles. The van der Waals surface area contributed by atoms with E-state index >= 15 is 0 Å². The van der Waals surface area contributed by atoms with Gasteiger partial charge in [-0.1, -0.05) is 12.0 Å². The molecular weight excluding hydrogens is 428 g/mol. The molecule has 0 rings (SSSR count). The summed E-state index contributed by atoms with van der Waals surface area (Å²) in [6.45, 7) is 0.918. The largest absolute Gasteiger partial charge is 0.426 e. The van der Waals surface area contributed by atoms with Crippen molar-refractivity contribution in [2.75, 3.05) is 13.2 Å². The number of terminal acetylenes is 1. The minimum Gasteiger partial charge on any atom is -0.354 e. The monoisotopic (exact) mass is 442 g/mol. The van der Waals surface area contributed by atoms with Crippen LogP contribution in [0.5, 0.6) is 0 Å². The molecule has 0 aliphatic carbocycles. The van der Waals surface area contributed by atoms with E-state index in [4.69, 9.17) is 0 Å². The maximum Gasteiger partial charge on any atom is 0.426 e. The van der Waals surface area contributed by atoms with Gasteiger partial charge in [-0.25, -0.2) is 0 Å². The summed E-state index contributed by atoms with van der Waals surface area (Å²) in [6.07, 6.45) is -16.8. The van der Waals surface area contributed by atoms with Crippen LogP contribution >= 0.6 is 0 Å². The lowest BCUT2D eigenvalue weighted by Crippen LogP contribution is -2.56. The molecule has 0 aliphatic heterocycles. The fourth-order valence-electron chi connectivity index (χ4n) is 1.06. The van der Waals surface area contributed by atoms with E-state index < -0.39 is 49.1 Å². The van der Waals surface area contributed by atoms with Crippen LogP contribution in [-0.4, -0.2) is 49.1 Å². The van der Waals surface area contributed by atoms with Gasteiger partial charge in [0, 0.05) is 0 Å². The Balaban J connectivity index is 0. The molecule has 28 heavy (non-hydrogen) atoms. The van der Waals surface area contributed by atoms with Crippen LogP contribution in [0.2, 0.25) is 0 Å². The molecule has 0 N–H and O–H groups in total. The summed E-state index contributed by atoms with van der Waals surface area (Å²) in [5.41, 5.74) is -8.36. The SMILES string of the molecule is C#CCOC(C)(C(F)(F)F)C(F)(F)F.C=CCOC(C)(C(F)(F)F)C(F)(F)F. The number of hydrogen-bond donors (Lipinski definition) is 0. The lowest BCUT2D eigenvalue weighted by molar-refractivity contribution is -0.372. The first-order chi connectivity index (χ1) is 12.1. The van der Waals surface area contributed by atoms with Gasteiger partial charge in [0.15, 0.2) is 0 Å². The number of alkyl halides is 12. The molecule has 0 saturated heterocycles. The third kappa shape index (κ3) is 6.77. The molecule has 0 saturated carbocycles. The van der Waals surface area contributed by atoms with Gasteiger partial charge in [-0.15, -0.1) is 13.0 Å². The van der Waals surface area contributed by atoms with Crippen LogP contribution in [0, 0.1) is 12.3 Å². The van der Waals surface area contributed by atoms with Gasteiger partial charge in [-0.05, 0) is 13.8 Å². The molecule has 0 aromatic carbocycles. The number of halogens is 12. The van der Waals surface area contributed by atoms with Gasteiger partial charge >= 0.3 is 24.7 Å². The van der Waals surface area contributed by atoms with Crippen molar-refractivity contribution in [3.05, 3.63) is 12.7 Å². The Hall–Kier alpha value is -1.62. The van der Waals surface area contributed by atoms with E-state index in [1.807, 2.05) is 0 Å². The predicted molar refractivity (Wildman–Crippen MR) is 72.0 cm³/mol. The number of ether oxygens (including phenoxy) is 2. The van der Waals surface area contributed by atoms with E-state index in [0.717, 1.165) is 6.08 Å². The second-order valence-corrected chi connectivity index (χ2v) is 5.15. The van der Waals surface area contributed by atoms with Crippen molar-refractivity contribution < 1.29 is 62.2 Å². The molecule has 0 amide bonds. The average molecular weight is 442 g/mol. The first-order valence-electron chi connectivity index (χ1n) is 6.71. The molecule has 0 aromatic heterocycles. The fourth-order valence-corrected chi connectivity index (χ4v) is 1.06. The minimum atomic E-state index is -5.55. The van der Waals surface area contributed by atoms with Crippen LogP contribution in [0.3, 0.4) is 0 Å². The van der Waals surface area contributed by atoms with Gasteiger partial charge in [0.05, 0.1) is 6.61 Å². The fraction of sp³-hybridized carbons (Fsp3) is 0.714. The second kappa shape index (κ2) is 9.25. The highest BCUT2D eigenvalue weighted by Crippen LogP contribution is 2.46. The summed E-state index contributed by atoms with van der Waals surface area (Å²) in [7, 11) is 0. The van der Waals surface area contributed by atoms with Gasteiger partial charge in [0.2, 0.25) is 0 Å². The molecular formula is C14H14F12O2. The highest BCUT2D eigenvalue weighted by atomic mass is 19.4. The molecule has 0 atom stereocenters. The Labute approximate surface area is 151 Å². The van der Waals surface area contributed by atoms with Gasteiger partial charge in [0.1, 0.15) is 6.61 Å². The Morgan fingerprint density at radius 3 is 1.21 bits per heavy atom. The van der Waals surface area contributed by atoms with Crippen molar-refractivity contribution in [3.63, 3.8) is 0 Å². The van der Waals surface area contributed by atoms with Crippen molar-refractivity contribution in [1.29, 1.82) is 0 Å². The molecule has 0 aliphatic rings. The predicted octanol–water partition coefficient (Wildman–Crippen LogP) is 5.59. The van der Waals surface area contributed by atoms with Crippen LogP contribution in [0.4, 0.5) is 52.7 Å². The highest BCUT2D eigenvalue weighted by molar-refractivity contribution is 4.95. The zero-order valence-corrected chi connectivity index (χ0v) is 14.1. The van der Waals surface area contributed by atoms with Crippen LogP contribution in [0.1, 0.15) is 13.8 Å². The summed E-state index contributed by atoms with van der Waals surface area (Å²) in [5, 5.41) is 0. The molecule has 0 fully saturated rings. The molecule has 0 radical (unpaired) electrons. The van der Waals surface area contributed by atoms with E-state index in [2.05, 4.69) is 22.5 Å². The summed E-state index contributed by atoms with van der Waals surface area (Å²) in [4.78, 5) is 0. The Morgan fingerprint density at radius 1 is 0.714 bits per heavy atom. The van der Waals surface area contributed by atoms with Gasteiger partial charge in [0.25, 0.3) is 11.2 Å². The molecule has 166 valence electrons. The average Bonchev–Trinajstić information content (AvgIpc) is 2.46. The van der Waals surface area contributed by atoms with Gasteiger partial charge in [-0.2, -0.15) is 52.7 Å². The molecule has 14 heteroatoms. The molecule has 0 bridgehead atoms. The summed E-state index contributed by atoms with van der Waals surface area (Å²) in [5.74, 6) is 1.55. The van der Waals surface area contributed by atoms with E-state index in [-0.39, 0.29) is 13.8 Å². The number of hydrogen-bond acceptors (Lipinski definition) is 2. The van der Waals surface area contributed by atoms with Crippen LogP contribution in [0.15, 0.2) is 12.7 Å². The summed E-state index contributed by atoms with van der Waals surface area (Å²) >= 11 is 0. The van der Waals surface area contributed by atoms with Crippen molar-refractivity contribution >= 4 is 0 Å². The lowest BCUT2D eigenvalue weighted by atomic mass is 10.1. The van der Waals surface area contributed by atoms with Crippen molar-refractivity contribution in [1.82, 2.24) is 0 Å². The smallest absolute Gasteiger partial charge is 0.354 e. The molecule has 0 aromatic rings. The van der Waals surface area contributed by atoms with Crippen molar-refractivity contribution in [3.8, 4) is 12.3 Å². The van der Waals surface area contributed by atoms with Crippen molar-refractivity contribution in [2.45, 2.75) is 49.8 Å². The topological polar surface area (TPSA) is 18.5 Å². The quantitative estimate of drug-likeness (QED) is 0.314. The zero-order valence-electron chi connectivity index (χ0n) is 14.1. The normalized spacial score (nSPS) is 14.0. The molecule has 0 unspecified atom stereocenters. The van der Waals surface area contributed by atoms with Crippen LogP contribution in [-0.2, 0) is 9.47 Å². The minimum absolute atomic E-state index is 0.0590. The Kier molecular flexibility index (Phi) is 9.45. The van der Waals surface area contributed by atoms with Gasteiger partial charge in [-0.3, -0.25) is 0 Å². The number of rotatable bonds is 5. The first-order valence-corrected chi connectivity index (χ1v) is 6.71. The van der Waals surface area contributed by atoms with Gasteiger partial charge < -0.3 is 9.47 Å². The maximum atomic E-state index is 12.0. The second-order valence-electron chi connectivity index (χ2n) is 5.15. The first kappa shape index (κ1) is 28.6. The van der Waals surface area contributed by atoms with E-state index in [0.29, 0.717) is 0 Å². The molecule has 0 spiro atoms. The zero-order chi connectivity index (χ0) is 23.2. The third-order valence-electron chi connectivity index (χ3n) is 3.10. The Bertz CT molecular complexity index is 505. The van der Waals surface area contributed by atoms with E-state index in [9.17, 15) is 52.7 Å². The van der Waals surface area contributed by atoms with Crippen LogP contribution in [0.25, 0.3) is 0 Å². The van der Waals surface area contributed by atoms with E-state index in [1.54, 1.807) is 5.92 Å². The highest BCUT2D eigenvalue weighted by Gasteiger charge is 2.70. The third-order valence-corrected chi connectivity index (χ3v) is 3.10. The molecule has 2 nitrogen and oxygen atoms in total. The van der Waals surface area contributed by atoms with Crippen LogP contribution < -0.4 is 0 Å². The Morgan fingerprint density at radius 2 is 1.00 bits per heavy atom. The summed E-state index contributed by atoms with van der Waals surface area (Å²) < 4.78 is 152.